The van der Waals surface area contributed by atoms with Crippen LogP contribution in [0.4, 0.5) is 4.79 Å². The molecule has 0 aromatic heterocycles. The summed E-state index contributed by atoms with van der Waals surface area (Å²) in [5.74, 6) is 0. The van der Waals surface area contributed by atoms with Gasteiger partial charge in [-0.05, 0) is 34.6 Å². The number of rotatable bonds is 6. The van der Waals surface area contributed by atoms with Crippen molar-refractivity contribution in [3.05, 3.63) is 12.7 Å². The van der Waals surface area contributed by atoms with Crippen LogP contribution in [0.3, 0.4) is 0 Å². The van der Waals surface area contributed by atoms with Crippen LogP contribution in [0.15, 0.2) is 12.7 Å². The molecule has 0 aliphatic carbocycles. The molecule has 0 heterocycles. The Balaban J connectivity index is 3.92. The number of carbonyl (C=O) groups is 1. The Labute approximate surface area is 103 Å². The van der Waals surface area contributed by atoms with Gasteiger partial charge in [-0.1, -0.05) is 12.7 Å². The molecule has 0 unspecified atom stereocenters. The topological polar surface area (TPSA) is 54.0 Å². The fourth-order valence-corrected chi connectivity index (χ4v) is 0.663. The lowest BCUT2D eigenvalue weighted by Crippen LogP contribution is -2.35. The molecule has 0 fully saturated rings. The van der Waals surface area contributed by atoms with E-state index in [1.54, 1.807) is 13.8 Å². The average Bonchev–Trinajstić information content (AvgIpc) is 2.20. The Bertz CT molecular complexity index is 252. The van der Waals surface area contributed by atoms with Crippen molar-refractivity contribution in [2.24, 2.45) is 0 Å². The highest BCUT2D eigenvalue weighted by molar-refractivity contribution is 5.59. The SMILES string of the molecule is C=CCOC(=O)OCC(C)(C)OOC(C)(C)C. The lowest BCUT2D eigenvalue weighted by atomic mass is 10.2. The Morgan fingerprint density at radius 1 is 1.12 bits per heavy atom. The Hall–Kier alpha value is -1.07. The van der Waals surface area contributed by atoms with E-state index in [0.29, 0.717) is 0 Å². The van der Waals surface area contributed by atoms with Gasteiger partial charge in [-0.3, -0.25) is 0 Å². The molecule has 0 aliphatic heterocycles. The summed E-state index contributed by atoms with van der Waals surface area (Å²) < 4.78 is 9.52. The van der Waals surface area contributed by atoms with E-state index in [2.05, 4.69) is 11.3 Å². The van der Waals surface area contributed by atoms with Crippen molar-refractivity contribution in [3.8, 4) is 0 Å². The second-order valence-electron chi connectivity index (χ2n) is 5.18. The summed E-state index contributed by atoms with van der Waals surface area (Å²) in [6, 6.07) is 0. The van der Waals surface area contributed by atoms with Crippen molar-refractivity contribution in [1.82, 2.24) is 0 Å². The van der Waals surface area contributed by atoms with Gasteiger partial charge in [-0.25, -0.2) is 14.6 Å². The molecule has 0 spiro atoms. The van der Waals surface area contributed by atoms with Crippen molar-refractivity contribution >= 4 is 6.16 Å². The van der Waals surface area contributed by atoms with Crippen molar-refractivity contribution < 1.29 is 24.0 Å². The highest BCUT2D eigenvalue weighted by Crippen LogP contribution is 2.16. The highest BCUT2D eigenvalue weighted by Gasteiger charge is 2.26. The van der Waals surface area contributed by atoms with Gasteiger partial charge >= 0.3 is 6.16 Å². The normalized spacial score (nSPS) is 12.1. The number of ether oxygens (including phenoxy) is 2. The second-order valence-corrected chi connectivity index (χ2v) is 5.18. The molecule has 0 N–H and O–H groups in total. The van der Waals surface area contributed by atoms with Crippen LogP contribution >= 0.6 is 0 Å². The molecule has 100 valence electrons. The molecule has 5 nitrogen and oxygen atoms in total. The van der Waals surface area contributed by atoms with Crippen molar-refractivity contribution in [2.75, 3.05) is 13.2 Å². The van der Waals surface area contributed by atoms with Crippen LogP contribution in [0.5, 0.6) is 0 Å². The van der Waals surface area contributed by atoms with Crippen molar-refractivity contribution in [3.63, 3.8) is 0 Å². The molecule has 0 radical (unpaired) electrons. The Morgan fingerprint density at radius 3 is 2.18 bits per heavy atom. The first-order chi connectivity index (χ1) is 7.66. The van der Waals surface area contributed by atoms with Gasteiger partial charge < -0.3 is 9.47 Å². The maximum Gasteiger partial charge on any atom is 0.508 e. The summed E-state index contributed by atoms with van der Waals surface area (Å²) in [5.41, 5.74) is -1.15. The van der Waals surface area contributed by atoms with E-state index in [9.17, 15) is 4.79 Å². The molecule has 0 saturated heterocycles. The van der Waals surface area contributed by atoms with Gasteiger partial charge in [0.1, 0.15) is 18.8 Å². The minimum absolute atomic E-state index is 0.0407. The standard InChI is InChI=1S/C12H22O5/c1-7-8-14-10(13)15-9-12(5,6)17-16-11(2,3)4/h7H,1,8-9H2,2-6H3. The van der Waals surface area contributed by atoms with Crippen LogP contribution < -0.4 is 0 Å². The molecule has 0 aliphatic rings. The van der Waals surface area contributed by atoms with E-state index >= 15 is 0 Å². The zero-order chi connectivity index (χ0) is 13.5. The van der Waals surface area contributed by atoms with Crippen molar-refractivity contribution in [1.29, 1.82) is 0 Å². The van der Waals surface area contributed by atoms with E-state index in [1.807, 2.05) is 20.8 Å². The molecule has 0 atom stereocenters. The lowest BCUT2D eigenvalue weighted by molar-refractivity contribution is -0.400. The summed E-state index contributed by atoms with van der Waals surface area (Å²) >= 11 is 0. The van der Waals surface area contributed by atoms with Crippen LogP contribution in [0.2, 0.25) is 0 Å². The fourth-order valence-electron chi connectivity index (χ4n) is 0.663. The first-order valence-corrected chi connectivity index (χ1v) is 5.43. The first kappa shape index (κ1) is 15.9. The molecular formula is C12H22O5. The molecule has 0 saturated carbocycles. The summed E-state index contributed by atoms with van der Waals surface area (Å²) in [4.78, 5) is 21.4. The largest absolute Gasteiger partial charge is 0.508 e. The highest BCUT2D eigenvalue weighted by atomic mass is 17.2. The smallest absolute Gasteiger partial charge is 0.431 e. The van der Waals surface area contributed by atoms with Gasteiger partial charge in [-0.15, -0.1) is 0 Å². The summed E-state index contributed by atoms with van der Waals surface area (Å²) in [6.45, 7) is 12.7. The molecule has 0 aromatic carbocycles. The van der Waals surface area contributed by atoms with Gasteiger partial charge in [0.15, 0.2) is 0 Å². The van der Waals surface area contributed by atoms with E-state index < -0.39 is 17.4 Å². The number of hydrogen-bond donors (Lipinski definition) is 0. The molecule has 0 bridgehead atoms. The van der Waals surface area contributed by atoms with Crippen LogP contribution in [-0.2, 0) is 19.2 Å². The molecule has 0 amide bonds. The monoisotopic (exact) mass is 246 g/mol. The zero-order valence-electron chi connectivity index (χ0n) is 11.2. The Morgan fingerprint density at radius 2 is 1.71 bits per heavy atom. The molecule has 5 heteroatoms. The molecule has 0 aromatic rings. The predicted octanol–water partition coefficient (Wildman–Crippen LogP) is 2.85. The summed E-state index contributed by atoms with van der Waals surface area (Å²) in [5, 5.41) is 0. The van der Waals surface area contributed by atoms with Gasteiger partial charge in [0.25, 0.3) is 0 Å². The van der Waals surface area contributed by atoms with E-state index in [0.717, 1.165) is 0 Å². The minimum atomic E-state index is -0.752. The zero-order valence-corrected chi connectivity index (χ0v) is 11.2. The third-order valence-corrected chi connectivity index (χ3v) is 1.37. The maximum absolute atomic E-state index is 11.1. The third-order valence-electron chi connectivity index (χ3n) is 1.37. The van der Waals surface area contributed by atoms with Crippen LogP contribution in [0.1, 0.15) is 34.6 Å². The van der Waals surface area contributed by atoms with Crippen LogP contribution in [0, 0.1) is 0 Å². The predicted molar refractivity (Wildman–Crippen MR) is 63.5 cm³/mol. The quantitative estimate of drug-likeness (QED) is 0.312. The average molecular weight is 246 g/mol. The van der Waals surface area contributed by atoms with Gasteiger partial charge in [-0.2, -0.15) is 0 Å². The first-order valence-electron chi connectivity index (χ1n) is 5.43. The number of hydrogen-bond acceptors (Lipinski definition) is 5. The minimum Gasteiger partial charge on any atom is -0.431 e. The second kappa shape index (κ2) is 6.61. The van der Waals surface area contributed by atoms with Gasteiger partial charge in [0, 0.05) is 0 Å². The lowest BCUT2D eigenvalue weighted by Gasteiger charge is -2.27. The van der Waals surface area contributed by atoms with Crippen LogP contribution in [-0.4, -0.2) is 30.6 Å². The molecule has 17 heavy (non-hydrogen) atoms. The third kappa shape index (κ3) is 9.84. The maximum atomic E-state index is 11.1. The Kier molecular flexibility index (Phi) is 6.20. The van der Waals surface area contributed by atoms with Gasteiger partial charge in [0.2, 0.25) is 0 Å². The fraction of sp³-hybridized carbons (Fsp3) is 0.750. The molecular weight excluding hydrogens is 224 g/mol. The van der Waals surface area contributed by atoms with E-state index in [-0.39, 0.29) is 13.2 Å². The van der Waals surface area contributed by atoms with Gasteiger partial charge in [0.05, 0.1) is 5.60 Å². The molecule has 0 rings (SSSR count). The van der Waals surface area contributed by atoms with E-state index in [4.69, 9.17) is 14.5 Å². The summed E-state index contributed by atoms with van der Waals surface area (Å²) in [7, 11) is 0. The van der Waals surface area contributed by atoms with E-state index in [1.165, 1.54) is 6.08 Å². The van der Waals surface area contributed by atoms with Crippen LogP contribution in [0.25, 0.3) is 0 Å². The van der Waals surface area contributed by atoms with Crippen molar-refractivity contribution in [2.45, 2.75) is 45.8 Å². The number of carbonyl (C=O) groups excluding carboxylic acids is 1. The summed E-state index contributed by atoms with van der Waals surface area (Å²) in [6.07, 6.45) is 0.711.